The maximum absolute atomic E-state index is 14.1. The molecule has 5 aliphatic carbocycles. The van der Waals surface area contributed by atoms with Crippen LogP contribution in [-0.2, 0) is 9.59 Å². The lowest BCUT2D eigenvalue weighted by atomic mass is 9.56. The van der Waals surface area contributed by atoms with Crippen molar-refractivity contribution in [3.05, 3.63) is 66.0 Å². The van der Waals surface area contributed by atoms with Crippen LogP contribution in [-0.4, -0.2) is 28.4 Å². The third kappa shape index (κ3) is 5.32. The van der Waals surface area contributed by atoms with E-state index in [9.17, 15) is 14.0 Å². The topological polar surface area (TPSA) is 49.4 Å². The van der Waals surface area contributed by atoms with E-state index < -0.39 is 6.04 Å². The summed E-state index contributed by atoms with van der Waals surface area (Å²) in [7, 11) is 0. The fourth-order valence-corrected chi connectivity index (χ4v) is 9.56. The van der Waals surface area contributed by atoms with Crippen LogP contribution < -0.4 is 10.2 Å². The van der Waals surface area contributed by atoms with Crippen LogP contribution in [0.5, 0.6) is 0 Å². The zero-order valence-corrected chi connectivity index (χ0v) is 22.2. The second-order valence-electron chi connectivity index (χ2n) is 11.9. The Hall–Kier alpha value is -2.34. The summed E-state index contributed by atoms with van der Waals surface area (Å²) in [5, 5.41) is 3.23. The summed E-state index contributed by atoms with van der Waals surface area (Å²) in [6.07, 6.45) is 11.9. The molecule has 2 aromatic rings. The van der Waals surface area contributed by atoms with Gasteiger partial charge in [-0.05, 0) is 98.9 Å². The lowest BCUT2D eigenvalue weighted by Gasteiger charge is -2.56. The lowest BCUT2D eigenvalue weighted by molar-refractivity contribution is -0.126. The first-order valence-electron chi connectivity index (χ1n) is 14.0. The van der Waals surface area contributed by atoms with Gasteiger partial charge in [-0.15, -0.1) is 11.8 Å². The van der Waals surface area contributed by atoms with Gasteiger partial charge in [0.1, 0.15) is 11.9 Å². The predicted octanol–water partition coefficient (Wildman–Crippen LogP) is 6.66. The Labute approximate surface area is 223 Å². The average Bonchev–Trinajstić information content (AvgIpc) is 3.39. The summed E-state index contributed by atoms with van der Waals surface area (Å²) >= 11 is 1.83. The number of amides is 2. The van der Waals surface area contributed by atoms with E-state index in [4.69, 9.17) is 0 Å². The van der Waals surface area contributed by atoms with E-state index >= 15 is 0 Å². The minimum Gasteiger partial charge on any atom is -0.351 e. The van der Waals surface area contributed by atoms with Crippen LogP contribution in [0.15, 0.2) is 54.6 Å². The number of carbonyl (C=O) groups excluding carboxylic acids is 2. The zero-order chi connectivity index (χ0) is 25.4. The second-order valence-corrected chi connectivity index (χ2v) is 13.4. The van der Waals surface area contributed by atoms with Crippen LogP contribution in [0.2, 0.25) is 0 Å². The molecule has 5 saturated carbocycles. The number of hydrogen-bond donors (Lipinski definition) is 1. The molecule has 1 N–H and O–H groups in total. The zero-order valence-electron chi connectivity index (χ0n) is 21.4. The smallest absolute Gasteiger partial charge is 0.248 e. The van der Waals surface area contributed by atoms with Crippen LogP contribution in [0.25, 0.3) is 0 Å². The Kier molecular flexibility index (Phi) is 7.04. The largest absolute Gasteiger partial charge is 0.351 e. The van der Waals surface area contributed by atoms with E-state index in [0.717, 1.165) is 49.0 Å². The van der Waals surface area contributed by atoms with Gasteiger partial charge in [-0.2, -0.15) is 0 Å². The first-order chi connectivity index (χ1) is 18.0. The number of carbonyl (C=O) groups is 2. The number of hydrogen-bond acceptors (Lipinski definition) is 3. The molecule has 0 spiro atoms. The van der Waals surface area contributed by atoms with Crippen molar-refractivity contribution in [2.75, 3.05) is 10.7 Å². The number of thioether (sulfide) groups is 1. The molecule has 2 aromatic carbocycles. The minimum atomic E-state index is -0.795. The minimum absolute atomic E-state index is 0.0808. The molecule has 0 heterocycles. The van der Waals surface area contributed by atoms with Crippen LogP contribution in [0, 0.1) is 23.6 Å². The molecule has 0 saturated heterocycles. The first-order valence-corrected chi connectivity index (χ1v) is 15.0. The van der Waals surface area contributed by atoms with Crippen molar-refractivity contribution in [1.82, 2.24) is 5.32 Å². The van der Waals surface area contributed by atoms with Gasteiger partial charge in [0.15, 0.2) is 0 Å². The van der Waals surface area contributed by atoms with Gasteiger partial charge in [0.05, 0.1) is 5.75 Å². The lowest BCUT2D eigenvalue weighted by Crippen LogP contribution is -2.50. The van der Waals surface area contributed by atoms with Crippen molar-refractivity contribution in [1.29, 1.82) is 0 Å². The fourth-order valence-electron chi connectivity index (χ4n) is 7.93. The second kappa shape index (κ2) is 10.4. The molecule has 0 unspecified atom stereocenters. The molecular formula is C31H37FN2O2S. The van der Waals surface area contributed by atoms with Gasteiger partial charge in [0.2, 0.25) is 11.8 Å². The third-order valence-electron chi connectivity index (χ3n) is 9.18. The average molecular weight is 521 g/mol. The molecule has 1 atom stereocenters. The maximum Gasteiger partial charge on any atom is 0.248 e. The fraction of sp³-hybridized carbons (Fsp3) is 0.548. The maximum atomic E-state index is 14.1. The molecule has 4 bridgehead atoms. The Morgan fingerprint density at radius 1 is 0.919 bits per heavy atom. The first kappa shape index (κ1) is 25.0. The van der Waals surface area contributed by atoms with Gasteiger partial charge >= 0.3 is 0 Å². The highest BCUT2D eigenvalue weighted by molar-refractivity contribution is 8.01. The number of benzene rings is 2. The highest BCUT2D eigenvalue weighted by Gasteiger charge is 2.51. The van der Waals surface area contributed by atoms with Gasteiger partial charge in [-0.25, -0.2) is 4.39 Å². The van der Waals surface area contributed by atoms with Gasteiger partial charge in [-0.1, -0.05) is 43.2 Å². The summed E-state index contributed by atoms with van der Waals surface area (Å²) in [5.41, 5.74) is 1.34. The Morgan fingerprint density at radius 3 is 2.11 bits per heavy atom. The van der Waals surface area contributed by atoms with Crippen LogP contribution in [0.3, 0.4) is 0 Å². The number of nitrogens with zero attached hydrogens (tertiary/aromatic N) is 1. The van der Waals surface area contributed by atoms with Crippen molar-refractivity contribution in [3.63, 3.8) is 0 Å². The van der Waals surface area contributed by atoms with Crippen molar-refractivity contribution in [3.8, 4) is 0 Å². The molecule has 196 valence electrons. The molecule has 5 aliphatic rings. The summed E-state index contributed by atoms with van der Waals surface area (Å²) in [4.78, 5) is 29.6. The Morgan fingerprint density at radius 2 is 1.51 bits per heavy atom. The molecule has 0 aliphatic heterocycles. The number of anilines is 1. The van der Waals surface area contributed by atoms with E-state index in [1.54, 1.807) is 17.0 Å². The summed E-state index contributed by atoms with van der Waals surface area (Å²) in [6.45, 7) is 0. The summed E-state index contributed by atoms with van der Waals surface area (Å²) < 4.78 is 14.1. The number of halogens is 1. The molecule has 7 rings (SSSR count). The van der Waals surface area contributed by atoms with E-state index in [1.807, 2.05) is 42.1 Å². The quantitative estimate of drug-likeness (QED) is 0.423. The van der Waals surface area contributed by atoms with Crippen LogP contribution >= 0.6 is 11.8 Å². The Balaban J connectivity index is 1.29. The molecule has 5 fully saturated rings. The molecule has 0 radical (unpaired) electrons. The molecular weight excluding hydrogens is 483 g/mol. The van der Waals surface area contributed by atoms with Crippen LogP contribution in [0.1, 0.15) is 75.8 Å². The standard InChI is InChI=1S/C31H37FN2O2S/c32-25-10-12-27(13-11-25)34(28(35)20-37-31-17-21-14-22(18-31)16-23(15-21)19-31)29(24-6-2-1-3-7-24)30(36)33-26-8-4-5-9-26/h1-3,6-7,10-13,21-23,26,29H,4-5,8-9,14-20H2,(H,33,36)/t21?,22?,23?,29-,31?/m1/s1. The van der Waals surface area contributed by atoms with E-state index in [-0.39, 0.29) is 28.4 Å². The van der Waals surface area contributed by atoms with Gasteiger partial charge in [-0.3, -0.25) is 14.5 Å². The molecule has 0 aromatic heterocycles. The Bertz CT molecular complexity index is 1080. The highest BCUT2D eigenvalue weighted by atomic mass is 32.2. The molecule has 4 nitrogen and oxygen atoms in total. The van der Waals surface area contributed by atoms with E-state index in [2.05, 4.69) is 5.32 Å². The van der Waals surface area contributed by atoms with Crippen molar-refractivity contribution in [2.45, 2.75) is 81.0 Å². The molecule has 2 amide bonds. The van der Waals surface area contributed by atoms with Crippen LogP contribution in [0.4, 0.5) is 10.1 Å². The van der Waals surface area contributed by atoms with E-state index in [1.165, 1.54) is 50.7 Å². The van der Waals surface area contributed by atoms with E-state index in [0.29, 0.717) is 11.4 Å². The van der Waals surface area contributed by atoms with Crippen molar-refractivity contribution < 1.29 is 14.0 Å². The monoisotopic (exact) mass is 520 g/mol. The van der Waals surface area contributed by atoms with Crippen molar-refractivity contribution in [2.24, 2.45) is 17.8 Å². The van der Waals surface area contributed by atoms with Crippen molar-refractivity contribution >= 4 is 29.3 Å². The van der Waals surface area contributed by atoms with Gasteiger partial charge in [0.25, 0.3) is 0 Å². The normalized spacial score (nSPS) is 29.3. The SMILES string of the molecule is O=C(NC1CCCC1)[C@@H](c1ccccc1)N(C(=O)CSC12CC3CC(CC(C3)C1)C2)c1ccc(F)cc1. The molecule has 6 heteroatoms. The number of nitrogens with one attached hydrogen (secondary N) is 1. The van der Waals surface area contributed by atoms with Gasteiger partial charge in [0, 0.05) is 16.5 Å². The predicted molar refractivity (Wildman–Crippen MR) is 147 cm³/mol. The third-order valence-corrected chi connectivity index (χ3v) is 10.7. The highest BCUT2D eigenvalue weighted by Crippen LogP contribution is 2.60. The van der Waals surface area contributed by atoms with Gasteiger partial charge < -0.3 is 5.32 Å². The summed E-state index contributed by atoms with van der Waals surface area (Å²) in [6, 6.07) is 14.9. The summed E-state index contributed by atoms with van der Waals surface area (Å²) in [5.74, 6) is 2.19. The molecule has 37 heavy (non-hydrogen) atoms. The number of rotatable bonds is 8.